The zero-order valence-corrected chi connectivity index (χ0v) is 14.0. The lowest BCUT2D eigenvalue weighted by Crippen LogP contribution is -2.15. The Morgan fingerprint density at radius 1 is 0.667 bits per heavy atom. The van der Waals surface area contributed by atoms with Crippen LogP contribution in [-0.2, 0) is 0 Å². The van der Waals surface area contributed by atoms with E-state index in [1.54, 1.807) is 18.2 Å². The molecule has 0 spiro atoms. The fourth-order valence-corrected chi connectivity index (χ4v) is 2.63. The molecule has 134 valence electrons. The van der Waals surface area contributed by atoms with E-state index in [0.29, 0.717) is 5.56 Å². The third-order valence-corrected chi connectivity index (χ3v) is 3.98. The van der Waals surface area contributed by atoms with Crippen molar-refractivity contribution in [1.82, 2.24) is 0 Å². The van der Waals surface area contributed by atoms with Gasteiger partial charge in [0.1, 0.15) is 0 Å². The largest absolute Gasteiger partial charge is 0.478 e. The molecule has 0 unspecified atom stereocenters. The van der Waals surface area contributed by atoms with Crippen molar-refractivity contribution in [2.45, 2.75) is 0 Å². The summed E-state index contributed by atoms with van der Waals surface area (Å²) < 4.78 is 0. The zero-order valence-electron chi connectivity index (χ0n) is 14.0. The van der Waals surface area contributed by atoms with Crippen molar-refractivity contribution < 1.29 is 24.6 Å². The summed E-state index contributed by atoms with van der Waals surface area (Å²) in [4.78, 5) is 35.0. The van der Waals surface area contributed by atoms with Gasteiger partial charge in [-0.2, -0.15) is 0 Å². The smallest absolute Gasteiger partial charge is 0.337 e. The predicted octanol–water partition coefficient (Wildman–Crippen LogP) is 4.00. The zero-order chi connectivity index (χ0) is 19.4. The Labute approximate surface area is 154 Å². The SMILES string of the molecule is O=C(O)c1ccc(NC(=O)c2cccc(-c3ccccc3)c2)c(C(=O)O)c1. The molecule has 0 aliphatic heterocycles. The highest BCUT2D eigenvalue weighted by molar-refractivity contribution is 6.09. The van der Waals surface area contributed by atoms with E-state index < -0.39 is 17.8 Å². The summed E-state index contributed by atoms with van der Waals surface area (Å²) in [5, 5.41) is 20.8. The van der Waals surface area contributed by atoms with E-state index in [1.807, 2.05) is 36.4 Å². The van der Waals surface area contributed by atoms with Crippen LogP contribution in [0.1, 0.15) is 31.1 Å². The van der Waals surface area contributed by atoms with Gasteiger partial charge < -0.3 is 15.5 Å². The lowest BCUT2D eigenvalue weighted by molar-refractivity contribution is 0.0696. The minimum Gasteiger partial charge on any atom is -0.478 e. The average Bonchev–Trinajstić information content (AvgIpc) is 2.68. The second kappa shape index (κ2) is 7.53. The number of carbonyl (C=O) groups excluding carboxylic acids is 1. The molecule has 6 heteroatoms. The first-order valence-electron chi connectivity index (χ1n) is 8.03. The first kappa shape index (κ1) is 17.9. The van der Waals surface area contributed by atoms with Crippen LogP contribution in [0.15, 0.2) is 72.8 Å². The van der Waals surface area contributed by atoms with Gasteiger partial charge in [0.25, 0.3) is 5.91 Å². The van der Waals surface area contributed by atoms with Crippen LogP contribution in [0.3, 0.4) is 0 Å². The molecule has 1 amide bonds. The molecule has 0 aliphatic carbocycles. The molecule has 3 aromatic rings. The number of amides is 1. The molecule has 0 radical (unpaired) electrons. The number of benzene rings is 3. The topological polar surface area (TPSA) is 104 Å². The molecule has 27 heavy (non-hydrogen) atoms. The molecular weight excluding hydrogens is 346 g/mol. The first-order chi connectivity index (χ1) is 13.0. The molecule has 0 atom stereocenters. The minimum atomic E-state index is -1.33. The summed E-state index contributed by atoms with van der Waals surface area (Å²) in [6.45, 7) is 0. The second-order valence-corrected chi connectivity index (χ2v) is 5.77. The number of aromatic carboxylic acids is 2. The number of anilines is 1. The fraction of sp³-hybridized carbons (Fsp3) is 0. The van der Waals surface area contributed by atoms with E-state index >= 15 is 0 Å². The number of hydrogen-bond acceptors (Lipinski definition) is 3. The van der Waals surface area contributed by atoms with E-state index in [1.165, 1.54) is 12.1 Å². The Hall–Kier alpha value is -3.93. The van der Waals surface area contributed by atoms with E-state index in [0.717, 1.165) is 17.2 Å². The van der Waals surface area contributed by atoms with Gasteiger partial charge in [-0.3, -0.25) is 4.79 Å². The van der Waals surface area contributed by atoms with Crippen molar-refractivity contribution in [2.24, 2.45) is 0 Å². The summed E-state index contributed by atoms with van der Waals surface area (Å²) in [7, 11) is 0. The van der Waals surface area contributed by atoms with Crippen molar-refractivity contribution >= 4 is 23.5 Å². The summed E-state index contributed by atoms with van der Waals surface area (Å²) in [5.41, 5.74) is 1.73. The van der Waals surface area contributed by atoms with Crippen molar-refractivity contribution in [3.8, 4) is 11.1 Å². The Kier molecular flexibility index (Phi) is 4.99. The maximum absolute atomic E-state index is 12.6. The summed E-state index contributed by atoms with van der Waals surface area (Å²) in [5.74, 6) is -3.06. The van der Waals surface area contributed by atoms with Gasteiger partial charge in [-0.05, 0) is 41.5 Å². The molecule has 0 saturated carbocycles. The summed E-state index contributed by atoms with van der Waals surface area (Å²) >= 11 is 0. The minimum absolute atomic E-state index is 0.0302. The Morgan fingerprint density at radius 3 is 2.04 bits per heavy atom. The highest BCUT2D eigenvalue weighted by atomic mass is 16.4. The molecular formula is C21H15NO5. The van der Waals surface area contributed by atoms with E-state index in [-0.39, 0.29) is 16.8 Å². The maximum Gasteiger partial charge on any atom is 0.337 e. The third kappa shape index (κ3) is 4.01. The third-order valence-electron chi connectivity index (χ3n) is 3.98. The maximum atomic E-state index is 12.6. The van der Waals surface area contributed by atoms with Crippen molar-refractivity contribution in [3.63, 3.8) is 0 Å². The van der Waals surface area contributed by atoms with Crippen LogP contribution < -0.4 is 5.32 Å². The molecule has 0 heterocycles. The number of carboxylic acid groups (broad SMARTS) is 2. The number of hydrogen-bond donors (Lipinski definition) is 3. The van der Waals surface area contributed by atoms with Gasteiger partial charge in [-0.1, -0.05) is 42.5 Å². The van der Waals surface area contributed by atoms with Gasteiger partial charge in [0.2, 0.25) is 0 Å². The van der Waals surface area contributed by atoms with Gasteiger partial charge in [0.15, 0.2) is 0 Å². The summed E-state index contributed by atoms with van der Waals surface area (Å²) in [6.07, 6.45) is 0. The molecule has 0 bridgehead atoms. The Bertz CT molecular complexity index is 1030. The highest BCUT2D eigenvalue weighted by Crippen LogP contribution is 2.22. The van der Waals surface area contributed by atoms with Gasteiger partial charge >= 0.3 is 11.9 Å². The Balaban J connectivity index is 1.90. The van der Waals surface area contributed by atoms with Crippen molar-refractivity contribution in [2.75, 3.05) is 5.32 Å². The van der Waals surface area contributed by atoms with Gasteiger partial charge in [-0.15, -0.1) is 0 Å². The Morgan fingerprint density at radius 2 is 1.37 bits per heavy atom. The second-order valence-electron chi connectivity index (χ2n) is 5.77. The quantitative estimate of drug-likeness (QED) is 0.637. The monoisotopic (exact) mass is 361 g/mol. The van der Waals surface area contributed by atoms with Gasteiger partial charge in [-0.25, -0.2) is 9.59 Å². The number of carbonyl (C=O) groups is 3. The number of carboxylic acids is 2. The van der Waals surface area contributed by atoms with E-state index in [2.05, 4.69) is 5.32 Å². The molecule has 0 aromatic heterocycles. The molecule has 0 fully saturated rings. The van der Waals surface area contributed by atoms with Crippen molar-refractivity contribution in [3.05, 3.63) is 89.5 Å². The fourth-order valence-electron chi connectivity index (χ4n) is 2.63. The molecule has 3 N–H and O–H groups in total. The number of rotatable bonds is 5. The molecule has 0 aliphatic rings. The number of nitrogens with one attached hydrogen (secondary N) is 1. The standard InChI is InChI=1S/C21H15NO5/c23-19(15-8-4-7-14(11-15)13-5-2-1-3-6-13)22-18-10-9-16(20(24)25)12-17(18)21(26)27/h1-12H,(H,22,23)(H,24,25)(H,26,27). The predicted molar refractivity (Wildman–Crippen MR) is 100 cm³/mol. The van der Waals surface area contributed by atoms with Crippen LogP contribution in [0.25, 0.3) is 11.1 Å². The van der Waals surface area contributed by atoms with Crippen LogP contribution >= 0.6 is 0 Å². The van der Waals surface area contributed by atoms with Gasteiger partial charge in [0, 0.05) is 5.56 Å². The van der Waals surface area contributed by atoms with Crippen LogP contribution in [-0.4, -0.2) is 28.1 Å². The molecule has 6 nitrogen and oxygen atoms in total. The normalized spacial score (nSPS) is 10.2. The lowest BCUT2D eigenvalue weighted by atomic mass is 10.0. The summed E-state index contributed by atoms with van der Waals surface area (Å²) in [6, 6.07) is 20.0. The first-order valence-corrected chi connectivity index (χ1v) is 8.03. The molecule has 0 saturated heterocycles. The van der Waals surface area contributed by atoms with E-state index in [9.17, 15) is 19.5 Å². The molecule has 3 rings (SSSR count). The van der Waals surface area contributed by atoms with Crippen LogP contribution in [0.5, 0.6) is 0 Å². The van der Waals surface area contributed by atoms with Crippen molar-refractivity contribution in [1.29, 1.82) is 0 Å². The van der Waals surface area contributed by atoms with Crippen LogP contribution in [0.4, 0.5) is 5.69 Å². The van der Waals surface area contributed by atoms with Crippen LogP contribution in [0.2, 0.25) is 0 Å². The van der Waals surface area contributed by atoms with E-state index in [4.69, 9.17) is 5.11 Å². The highest BCUT2D eigenvalue weighted by Gasteiger charge is 2.16. The van der Waals surface area contributed by atoms with Gasteiger partial charge in [0.05, 0.1) is 16.8 Å². The average molecular weight is 361 g/mol. The van der Waals surface area contributed by atoms with Crippen LogP contribution in [0, 0.1) is 0 Å². The lowest BCUT2D eigenvalue weighted by Gasteiger charge is -2.10. The molecule has 3 aromatic carbocycles.